The van der Waals surface area contributed by atoms with Crippen molar-refractivity contribution in [2.75, 3.05) is 0 Å². The van der Waals surface area contributed by atoms with Gasteiger partial charge in [-0.15, -0.1) is 0 Å². The molecule has 2 nitrogen and oxygen atoms in total. The molecule has 2 rings (SSSR count). The van der Waals surface area contributed by atoms with Crippen LogP contribution in [0.2, 0.25) is 10.0 Å². The Morgan fingerprint density at radius 1 is 1.43 bits per heavy atom. The maximum Gasteiger partial charge on any atom is 0.222 e. The molecular formula is C9H6Cl2FNO. The van der Waals surface area contributed by atoms with Crippen LogP contribution in [0.15, 0.2) is 12.1 Å². The van der Waals surface area contributed by atoms with Crippen LogP contribution in [0.25, 0.3) is 0 Å². The molecule has 1 unspecified atom stereocenters. The number of rotatable bonds is 1. The smallest absolute Gasteiger partial charge is 0.222 e. The molecule has 0 saturated carbocycles. The molecule has 1 aliphatic rings. The van der Waals surface area contributed by atoms with Gasteiger partial charge in [0, 0.05) is 10.6 Å². The van der Waals surface area contributed by atoms with Crippen molar-refractivity contribution in [3.8, 4) is 0 Å². The topological polar surface area (TPSA) is 29.1 Å². The lowest BCUT2D eigenvalue weighted by atomic mass is 9.97. The van der Waals surface area contributed by atoms with Gasteiger partial charge >= 0.3 is 0 Å². The van der Waals surface area contributed by atoms with E-state index >= 15 is 0 Å². The average molecular weight is 234 g/mol. The van der Waals surface area contributed by atoms with E-state index in [4.69, 9.17) is 23.2 Å². The maximum atomic E-state index is 13.4. The van der Waals surface area contributed by atoms with Crippen molar-refractivity contribution < 1.29 is 9.18 Å². The number of β-lactam (4-membered cyclic amide) rings is 1. The fourth-order valence-corrected chi connectivity index (χ4v) is 1.88. The van der Waals surface area contributed by atoms with Gasteiger partial charge in [0.2, 0.25) is 5.91 Å². The first-order valence-electron chi connectivity index (χ1n) is 4.01. The number of amides is 1. The van der Waals surface area contributed by atoms with Gasteiger partial charge in [0.15, 0.2) is 0 Å². The molecule has 0 radical (unpaired) electrons. The first kappa shape index (κ1) is 9.74. The Labute approximate surface area is 90.0 Å². The number of carbonyl (C=O) groups is 1. The summed E-state index contributed by atoms with van der Waals surface area (Å²) in [5, 5.41) is 2.91. The SMILES string of the molecule is O=C1CC(c2cc(Cl)cc(Cl)c2F)N1. The van der Waals surface area contributed by atoms with E-state index in [0.29, 0.717) is 10.6 Å². The minimum absolute atomic E-state index is 0.0198. The fraction of sp³-hybridized carbons (Fsp3) is 0.222. The van der Waals surface area contributed by atoms with E-state index in [1.807, 2.05) is 0 Å². The van der Waals surface area contributed by atoms with Gasteiger partial charge < -0.3 is 5.32 Å². The van der Waals surface area contributed by atoms with Gasteiger partial charge in [-0.25, -0.2) is 4.39 Å². The van der Waals surface area contributed by atoms with Crippen molar-refractivity contribution in [2.24, 2.45) is 0 Å². The molecule has 1 amide bonds. The van der Waals surface area contributed by atoms with Crippen LogP contribution in [-0.2, 0) is 4.79 Å². The first-order valence-corrected chi connectivity index (χ1v) is 4.77. The number of halogens is 3. The molecule has 0 aromatic heterocycles. The minimum atomic E-state index is -0.513. The van der Waals surface area contributed by atoms with Crippen LogP contribution in [0.1, 0.15) is 18.0 Å². The van der Waals surface area contributed by atoms with Gasteiger partial charge in [-0.2, -0.15) is 0 Å². The molecule has 0 aliphatic carbocycles. The van der Waals surface area contributed by atoms with Crippen molar-refractivity contribution in [3.05, 3.63) is 33.6 Å². The Balaban J connectivity index is 2.37. The zero-order chi connectivity index (χ0) is 10.3. The predicted octanol–water partition coefficient (Wildman–Crippen LogP) is 2.69. The lowest BCUT2D eigenvalue weighted by molar-refractivity contribution is -0.128. The summed E-state index contributed by atoms with van der Waals surface area (Å²) in [7, 11) is 0. The van der Waals surface area contributed by atoms with Crippen molar-refractivity contribution in [1.82, 2.24) is 5.32 Å². The Bertz CT molecular complexity index is 400. The van der Waals surface area contributed by atoms with E-state index in [9.17, 15) is 9.18 Å². The quantitative estimate of drug-likeness (QED) is 0.587. The summed E-state index contributed by atoms with van der Waals surface area (Å²) < 4.78 is 13.4. The second-order valence-electron chi connectivity index (χ2n) is 3.12. The monoisotopic (exact) mass is 233 g/mol. The molecule has 14 heavy (non-hydrogen) atoms. The molecule has 0 bridgehead atoms. The molecule has 1 N–H and O–H groups in total. The number of nitrogens with one attached hydrogen (secondary N) is 1. The molecule has 5 heteroatoms. The zero-order valence-electron chi connectivity index (χ0n) is 6.98. The third-order valence-corrected chi connectivity index (χ3v) is 2.61. The van der Waals surface area contributed by atoms with Crippen LogP contribution in [0, 0.1) is 5.82 Å². The summed E-state index contributed by atoms with van der Waals surface area (Å²) >= 11 is 11.3. The van der Waals surface area contributed by atoms with Gasteiger partial charge in [-0.1, -0.05) is 23.2 Å². The molecule has 1 aromatic rings. The molecule has 0 spiro atoms. The molecular weight excluding hydrogens is 228 g/mol. The largest absolute Gasteiger partial charge is 0.349 e. The van der Waals surface area contributed by atoms with Crippen LogP contribution in [0.3, 0.4) is 0 Å². The third-order valence-electron chi connectivity index (χ3n) is 2.12. The van der Waals surface area contributed by atoms with Crippen LogP contribution >= 0.6 is 23.2 Å². The van der Waals surface area contributed by atoms with Gasteiger partial charge in [0.05, 0.1) is 17.5 Å². The summed E-state index contributed by atoms with van der Waals surface area (Å²) in [5.41, 5.74) is 0.349. The highest BCUT2D eigenvalue weighted by Gasteiger charge is 2.29. The predicted molar refractivity (Wildman–Crippen MR) is 51.9 cm³/mol. The Morgan fingerprint density at radius 3 is 2.64 bits per heavy atom. The average Bonchev–Trinajstić information content (AvgIpc) is 2.06. The number of hydrogen-bond donors (Lipinski definition) is 1. The van der Waals surface area contributed by atoms with Crippen LogP contribution < -0.4 is 5.32 Å². The molecule has 1 saturated heterocycles. The standard InChI is InChI=1S/C9H6Cl2FNO/c10-4-1-5(7-3-8(14)13-7)9(12)6(11)2-4/h1-2,7H,3H2,(H,13,14). The van der Waals surface area contributed by atoms with E-state index in [1.165, 1.54) is 12.1 Å². The van der Waals surface area contributed by atoms with Crippen molar-refractivity contribution in [1.29, 1.82) is 0 Å². The van der Waals surface area contributed by atoms with Gasteiger partial charge in [-0.3, -0.25) is 4.79 Å². The van der Waals surface area contributed by atoms with Crippen molar-refractivity contribution in [2.45, 2.75) is 12.5 Å². The highest BCUT2D eigenvalue weighted by molar-refractivity contribution is 6.34. The molecule has 1 aromatic carbocycles. The second-order valence-corrected chi connectivity index (χ2v) is 3.96. The number of hydrogen-bond acceptors (Lipinski definition) is 1. The highest BCUT2D eigenvalue weighted by Crippen LogP contribution is 2.32. The Kier molecular flexibility index (Phi) is 2.37. The van der Waals surface area contributed by atoms with Gasteiger partial charge in [0.25, 0.3) is 0 Å². The second kappa shape index (κ2) is 3.41. The molecule has 74 valence electrons. The van der Waals surface area contributed by atoms with Crippen LogP contribution in [0.5, 0.6) is 0 Å². The summed E-state index contributed by atoms with van der Waals surface area (Å²) in [5.74, 6) is -0.605. The Hall–Kier alpha value is -0.800. The molecule has 1 atom stereocenters. The van der Waals surface area contributed by atoms with Gasteiger partial charge in [-0.05, 0) is 12.1 Å². The lowest BCUT2D eigenvalue weighted by Gasteiger charge is -2.27. The molecule has 1 fully saturated rings. The maximum absolute atomic E-state index is 13.4. The van der Waals surface area contributed by atoms with Crippen LogP contribution in [-0.4, -0.2) is 5.91 Å². The third kappa shape index (κ3) is 1.57. The van der Waals surface area contributed by atoms with Crippen molar-refractivity contribution in [3.63, 3.8) is 0 Å². The minimum Gasteiger partial charge on any atom is -0.349 e. The fourth-order valence-electron chi connectivity index (χ4n) is 1.38. The van der Waals surface area contributed by atoms with E-state index in [0.717, 1.165) is 0 Å². The lowest BCUT2D eigenvalue weighted by Crippen LogP contribution is -2.41. The van der Waals surface area contributed by atoms with Gasteiger partial charge in [0.1, 0.15) is 5.82 Å². The van der Waals surface area contributed by atoms with E-state index < -0.39 is 5.82 Å². The zero-order valence-corrected chi connectivity index (χ0v) is 8.49. The summed E-state index contributed by atoms with van der Waals surface area (Å²) in [6, 6.07) is 2.52. The number of benzene rings is 1. The van der Waals surface area contributed by atoms with Crippen LogP contribution in [0.4, 0.5) is 4.39 Å². The normalized spacial score (nSPS) is 20.2. The molecule has 1 heterocycles. The first-order chi connectivity index (χ1) is 6.58. The molecule has 1 aliphatic heterocycles. The Morgan fingerprint density at radius 2 is 2.07 bits per heavy atom. The van der Waals surface area contributed by atoms with E-state index in [1.54, 1.807) is 0 Å². The summed E-state index contributed by atoms with van der Waals surface area (Å²) in [4.78, 5) is 10.7. The summed E-state index contributed by atoms with van der Waals surface area (Å²) in [6.45, 7) is 0. The highest BCUT2D eigenvalue weighted by atomic mass is 35.5. The summed E-state index contributed by atoms with van der Waals surface area (Å²) in [6.07, 6.45) is 0.285. The number of carbonyl (C=O) groups excluding carboxylic acids is 1. The van der Waals surface area contributed by atoms with E-state index in [2.05, 4.69) is 5.32 Å². The van der Waals surface area contributed by atoms with E-state index in [-0.39, 0.29) is 23.4 Å². The van der Waals surface area contributed by atoms with Crippen molar-refractivity contribution >= 4 is 29.1 Å².